The second-order valence-corrected chi connectivity index (χ2v) is 7.75. The molecule has 6 heteroatoms. The monoisotopic (exact) mass is 408 g/mol. The van der Waals surface area contributed by atoms with Gasteiger partial charge in [0, 0.05) is 22.0 Å². The van der Waals surface area contributed by atoms with E-state index in [0.717, 1.165) is 53.2 Å². The molecule has 4 nitrogen and oxygen atoms in total. The van der Waals surface area contributed by atoms with Gasteiger partial charge in [-0.3, -0.25) is 9.69 Å². The predicted molar refractivity (Wildman–Crippen MR) is 100 cm³/mol. The number of carbonyl (C=O) groups excluding carboxylic acids is 1. The molecule has 24 heavy (non-hydrogen) atoms. The summed E-state index contributed by atoms with van der Waals surface area (Å²) in [5.41, 5.74) is 1.84. The molecule has 1 aromatic heterocycles. The van der Waals surface area contributed by atoms with Gasteiger partial charge in [0.05, 0.1) is 12.1 Å². The third kappa shape index (κ3) is 4.65. The minimum atomic E-state index is -0.177. The van der Waals surface area contributed by atoms with Crippen molar-refractivity contribution < 1.29 is 9.53 Å². The Bertz CT molecular complexity index is 704. The zero-order valence-electron chi connectivity index (χ0n) is 13.7. The zero-order valence-corrected chi connectivity index (χ0v) is 16.1. The lowest BCUT2D eigenvalue weighted by Gasteiger charge is -2.31. The number of aromatic nitrogens is 1. The molecule has 0 aliphatic carbocycles. The van der Waals surface area contributed by atoms with Crippen molar-refractivity contribution in [2.75, 3.05) is 19.6 Å². The number of rotatable bonds is 5. The van der Waals surface area contributed by atoms with Gasteiger partial charge in [-0.05, 0) is 38.1 Å². The molecule has 1 atom stereocenters. The molecule has 1 fully saturated rings. The van der Waals surface area contributed by atoms with Gasteiger partial charge in [-0.2, -0.15) is 0 Å². The molecule has 1 aromatic carbocycles. The van der Waals surface area contributed by atoms with Crippen LogP contribution < -0.4 is 0 Å². The summed E-state index contributed by atoms with van der Waals surface area (Å²) < 4.78 is 6.66. The normalized spacial score (nSPS) is 18.5. The number of likely N-dealkylation sites (tertiary alicyclic amines) is 1. The lowest BCUT2D eigenvalue weighted by Crippen LogP contribution is -2.40. The van der Waals surface area contributed by atoms with Crippen LogP contribution in [-0.4, -0.2) is 41.6 Å². The summed E-state index contributed by atoms with van der Waals surface area (Å²) in [5.74, 6) is -0.177. The molecular weight excluding hydrogens is 388 g/mol. The highest BCUT2D eigenvalue weighted by molar-refractivity contribution is 9.10. The van der Waals surface area contributed by atoms with E-state index >= 15 is 0 Å². The molecule has 2 aromatic rings. The van der Waals surface area contributed by atoms with Gasteiger partial charge in [-0.25, -0.2) is 4.98 Å². The summed E-state index contributed by atoms with van der Waals surface area (Å²) in [4.78, 5) is 19.1. The summed E-state index contributed by atoms with van der Waals surface area (Å²) in [5, 5.41) is 2.87. The Morgan fingerprint density at radius 3 is 3.17 bits per heavy atom. The Morgan fingerprint density at radius 1 is 1.50 bits per heavy atom. The summed E-state index contributed by atoms with van der Waals surface area (Å²) in [6.45, 7) is 5.11. The molecule has 0 radical (unpaired) electrons. The molecule has 2 heterocycles. The maximum absolute atomic E-state index is 12.2. The molecule has 0 saturated carbocycles. The summed E-state index contributed by atoms with van der Waals surface area (Å²) in [7, 11) is 0. The number of ether oxygens (including phenoxy) is 1. The number of carbonyl (C=O) groups is 1. The van der Waals surface area contributed by atoms with Crippen LogP contribution in [0.2, 0.25) is 0 Å². The second-order valence-electron chi connectivity index (χ2n) is 5.98. The van der Waals surface area contributed by atoms with E-state index in [-0.39, 0.29) is 18.5 Å². The third-order valence-corrected chi connectivity index (χ3v) is 5.59. The Labute approximate surface area is 155 Å². The summed E-state index contributed by atoms with van der Waals surface area (Å²) in [6.07, 6.45) is 2.32. The molecule has 0 amide bonds. The molecule has 0 spiro atoms. The Kier molecular flexibility index (Phi) is 6.03. The van der Waals surface area contributed by atoms with Crippen LogP contribution in [-0.2, 0) is 16.0 Å². The van der Waals surface area contributed by atoms with Gasteiger partial charge in [0.25, 0.3) is 0 Å². The van der Waals surface area contributed by atoms with Gasteiger partial charge in [0.1, 0.15) is 11.1 Å². The summed E-state index contributed by atoms with van der Waals surface area (Å²) in [6, 6.07) is 8.02. The van der Waals surface area contributed by atoms with Crippen molar-refractivity contribution >= 4 is 33.2 Å². The van der Waals surface area contributed by atoms with Gasteiger partial charge in [-0.15, -0.1) is 11.3 Å². The van der Waals surface area contributed by atoms with Crippen molar-refractivity contribution in [3.05, 3.63) is 39.8 Å². The van der Waals surface area contributed by atoms with Crippen LogP contribution in [0.25, 0.3) is 10.6 Å². The lowest BCUT2D eigenvalue weighted by atomic mass is 10.1. The van der Waals surface area contributed by atoms with Gasteiger partial charge in [0.2, 0.25) is 0 Å². The molecule has 128 valence electrons. The molecule has 1 aliphatic heterocycles. The minimum absolute atomic E-state index is 0.0226. The van der Waals surface area contributed by atoms with Crippen molar-refractivity contribution in [1.82, 2.24) is 9.88 Å². The van der Waals surface area contributed by atoms with Crippen molar-refractivity contribution in [3.63, 3.8) is 0 Å². The standard InChI is InChI=1S/C18H21BrN2O2S/c1-2-21-8-4-7-16(11-21)23-17(22)10-15-12-24-18(20-15)13-5-3-6-14(19)9-13/h3,5-6,9,12,16H,2,4,7-8,10-11H2,1H3. The number of hydrogen-bond acceptors (Lipinski definition) is 5. The van der Waals surface area contributed by atoms with E-state index in [0.29, 0.717) is 0 Å². The first-order valence-electron chi connectivity index (χ1n) is 8.26. The van der Waals surface area contributed by atoms with Crippen LogP contribution in [0, 0.1) is 0 Å². The topological polar surface area (TPSA) is 42.4 Å². The maximum Gasteiger partial charge on any atom is 0.312 e. The van der Waals surface area contributed by atoms with Crippen molar-refractivity contribution in [2.24, 2.45) is 0 Å². The molecule has 0 bridgehead atoms. The average Bonchev–Trinajstić information content (AvgIpc) is 3.03. The number of nitrogens with zero attached hydrogens (tertiary/aromatic N) is 2. The van der Waals surface area contributed by atoms with E-state index in [1.165, 1.54) is 0 Å². The van der Waals surface area contributed by atoms with Crippen molar-refractivity contribution in [3.8, 4) is 10.6 Å². The molecule has 3 rings (SSSR count). The van der Waals surface area contributed by atoms with Gasteiger partial charge in [0.15, 0.2) is 0 Å². The molecular formula is C18H21BrN2O2S. The lowest BCUT2D eigenvalue weighted by molar-refractivity contribution is -0.150. The number of halogens is 1. The highest BCUT2D eigenvalue weighted by atomic mass is 79.9. The number of benzene rings is 1. The van der Waals surface area contributed by atoms with E-state index in [1.807, 2.05) is 29.6 Å². The Morgan fingerprint density at radius 2 is 2.38 bits per heavy atom. The second kappa shape index (κ2) is 8.23. The van der Waals surface area contributed by atoms with E-state index < -0.39 is 0 Å². The van der Waals surface area contributed by atoms with E-state index in [9.17, 15) is 4.79 Å². The minimum Gasteiger partial charge on any atom is -0.461 e. The SMILES string of the molecule is CCN1CCCC(OC(=O)Cc2csc(-c3cccc(Br)c3)n2)C1. The van der Waals surface area contributed by atoms with Crippen LogP contribution in [0.5, 0.6) is 0 Å². The highest BCUT2D eigenvalue weighted by Gasteiger charge is 2.22. The van der Waals surface area contributed by atoms with Crippen LogP contribution in [0.3, 0.4) is 0 Å². The first-order valence-corrected chi connectivity index (χ1v) is 9.93. The number of likely N-dealkylation sites (N-methyl/N-ethyl adjacent to an activating group) is 1. The van der Waals surface area contributed by atoms with E-state index in [2.05, 4.69) is 32.7 Å². The first-order chi connectivity index (χ1) is 11.6. The number of piperidine rings is 1. The predicted octanol–water partition coefficient (Wildman–Crippen LogP) is 4.14. The summed E-state index contributed by atoms with van der Waals surface area (Å²) >= 11 is 5.03. The number of hydrogen-bond donors (Lipinski definition) is 0. The quantitative estimate of drug-likeness (QED) is 0.697. The number of esters is 1. The smallest absolute Gasteiger partial charge is 0.312 e. The van der Waals surface area contributed by atoms with Crippen molar-refractivity contribution in [1.29, 1.82) is 0 Å². The zero-order chi connectivity index (χ0) is 16.9. The third-order valence-electron chi connectivity index (χ3n) is 4.16. The fraction of sp³-hybridized carbons (Fsp3) is 0.444. The first kappa shape index (κ1) is 17.6. The van der Waals surface area contributed by atoms with Crippen LogP contribution >= 0.6 is 27.3 Å². The van der Waals surface area contributed by atoms with Crippen LogP contribution in [0.1, 0.15) is 25.5 Å². The fourth-order valence-corrected chi connectivity index (χ4v) is 4.13. The van der Waals surface area contributed by atoms with Gasteiger partial charge >= 0.3 is 5.97 Å². The van der Waals surface area contributed by atoms with Crippen LogP contribution in [0.15, 0.2) is 34.1 Å². The number of thiazole rings is 1. The molecule has 1 saturated heterocycles. The fourth-order valence-electron chi connectivity index (χ4n) is 2.91. The Hall–Kier alpha value is -1.24. The van der Waals surface area contributed by atoms with Gasteiger partial charge < -0.3 is 4.74 Å². The largest absolute Gasteiger partial charge is 0.461 e. The van der Waals surface area contributed by atoms with Crippen LogP contribution in [0.4, 0.5) is 0 Å². The molecule has 1 aliphatic rings. The molecule has 1 unspecified atom stereocenters. The van der Waals surface area contributed by atoms with Crippen molar-refractivity contribution in [2.45, 2.75) is 32.3 Å². The Balaban J connectivity index is 1.57. The van der Waals surface area contributed by atoms with E-state index in [4.69, 9.17) is 4.74 Å². The van der Waals surface area contributed by atoms with E-state index in [1.54, 1.807) is 11.3 Å². The maximum atomic E-state index is 12.2. The highest BCUT2D eigenvalue weighted by Crippen LogP contribution is 2.26. The molecule has 0 N–H and O–H groups in total. The van der Waals surface area contributed by atoms with Gasteiger partial charge in [-0.1, -0.05) is 35.0 Å². The average molecular weight is 409 g/mol.